The molecular formula is C31H43N3O4S. The van der Waals surface area contributed by atoms with Gasteiger partial charge in [0.1, 0.15) is 4.88 Å². The number of hydrogen-bond donors (Lipinski definition) is 1. The summed E-state index contributed by atoms with van der Waals surface area (Å²) in [7, 11) is 4.02. The van der Waals surface area contributed by atoms with Crippen molar-refractivity contribution < 1.29 is 19.4 Å². The molecular weight excluding hydrogens is 510 g/mol. The molecule has 2 heterocycles. The number of carbonyl (C=O) groups excluding carboxylic acids is 1. The van der Waals surface area contributed by atoms with Crippen LogP contribution in [-0.2, 0) is 11.3 Å². The van der Waals surface area contributed by atoms with Gasteiger partial charge in [-0.05, 0) is 91.1 Å². The third kappa shape index (κ3) is 9.08. The predicted octanol–water partition coefficient (Wildman–Crippen LogP) is 6.32. The number of anilines is 1. The second-order valence-corrected chi connectivity index (χ2v) is 13.1. The van der Waals surface area contributed by atoms with Gasteiger partial charge >= 0.3 is 5.97 Å². The summed E-state index contributed by atoms with van der Waals surface area (Å²) in [4.78, 5) is 35.2. The van der Waals surface area contributed by atoms with Crippen LogP contribution in [0.2, 0.25) is 0 Å². The van der Waals surface area contributed by atoms with Gasteiger partial charge in [-0.3, -0.25) is 4.79 Å². The van der Waals surface area contributed by atoms with Crippen LogP contribution in [0, 0.1) is 29.1 Å². The van der Waals surface area contributed by atoms with Crippen molar-refractivity contribution in [1.29, 1.82) is 0 Å². The molecule has 8 heteroatoms. The van der Waals surface area contributed by atoms with Gasteiger partial charge in [-0.15, -0.1) is 11.3 Å². The van der Waals surface area contributed by atoms with Crippen molar-refractivity contribution in [1.82, 2.24) is 9.88 Å². The Labute approximate surface area is 237 Å². The number of rotatable bonds is 10. The number of carboxylic acid groups (broad SMARTS) is 1. The van der Waals surface area contributed by atoms with E-state index in [-0.39, 0.29) is 28.2 Å². The summed E-state index contributed by atoms with van der Waals surface area (Å²) in [6.45, 7) is 11.4. The van der Waals surface area contributed by atoms with Crippen LogP contribution in [0.4, 0.5) is 5.69 Å². The van der Waals surface area contributed by atoms with Crippen molar-refractivity contribution in [2.75, 3.05) is 25.6 Å². The van der Waals surface area contributed by atoms with Gasteiger partial charge in [0, 0.05) is 42.6 Å². The molecule has 1 aliphatic carbocycles. The van der Waals surface area contributed by atoms with E-state index in [1.807, 2.05) is 53.9 Å². The van der Waals surface area contributed by atoms with E-state index >= 15 is 0 Å². The third-order valence-corrected chi connectivity index (χ3v) is 7.88. The van der Waals surface area contributed by atoms with E-state index < -0.39 is 5.97 Å². The molecule has 1 aliphatic rings. The maximum absolute atomic E-state index is 14.0. The van der Waals surface area contributed by atoms with E-state index in [0.29, 0.717) is 35.4 Å². The molecule has 212 valence electrons. The second kappa shape index (κ2) is 13.5. The van der Waals surface area contributed by atoms with E-state index in [1.54, 1.807) is 17.2 Å². The fourth-order valence-corrected chi connectivity index (χ4v) is 5.60. The van der Waals surface area contributed by atoms with Gasteiger partial charge in [-0.1, -0.05) is 18.8 Å². The fourth-order valence-electron chi connectivity index (χ4n) is 4.76. The van der Waals surface area contributed by atoms with Crippen LogP contribution in [0.1, 0.15) is 86.8 Å². The number of carbonyl (C=O) groups is 2. The Bertz CT molecular complexity index is 1200. The van der Waals surface area contributed by atoms with Gasteiger partial charge in [0.25, 0.3) is 0 Å². The molecule has 1 fully saturated rings. The number of aromatic carboxylic acids is 1. The highest BCUT2D eigenvalue weighted by Gasteiger charge is 2.34. The molecule has 1 unspecified atom stereocenters. The highest BCUT2D eigenvalue weighted by molar-refractivity contribution is 7.15. The Morgan fingerprint density at radius 2 is 1.90 bits per heavy atom. The first-order valence-electron chi connectivity index (χ1n) is 13.8. The molecule has 0 radical (unpaired) electrons. The second-order valence-electron chi connectivity index (χ2n) is 12.0. The highest BCUT2D eigenvalue weighted by atomic mass is 32.1. The number of aromatic nitrogens is 1. The lowest BCUT2D eigenvalue weighted by atomic mass is 9.82. The first-order valence-corrected chi connectivity index (χ1v) is 14.6. The summed E-state index contributed by atoms with van der Waals surface area (Å²) in [5.74, 6) is 6.32. The molecule has 2 aromatic heterocycles. The molecule has 1 N–H and O–H groups in total. The van der Waals surface area contributed by atoms with E-state index in [9.17, 15) is 14.7 Å². The molecule has 0 saturated heterocycles. The summed E-state index contributed by atoms with van der Waals surface area (Å²) < 4.78 is 5.98. The molecule has 39 heavy (non-hydrogen) atoms. The number of pyridine rings is 1. The zero-order chi connectivity index (χ0) is 28.7. The Morgan fingerprint density at radius 3 is 2.51 bits per heavy atom. The van der Waals surface area contributed by atoms with Crippen LogP contribution in [0.5, 0.6) is 5.88 Å². The van der Waals surface area contributed by atoms with Crippen LogP contribution in [-0.4, -0.2) is 53.6 Å². The molecule has 0 aliphatic heterocycles. The van der Waals surface area contributed by atoms with E-state index in [1.165, 1.54) is 0 Å². The Hall–Kier alpha value is -2.89. The molecule has 7 nitrogen and oxygen atoms in total. The molecule has 1 amide bonds. The smallest absolute Gasteiger partial charge is 0.348 e. The first kappa shape index (κ1) is 30.6. The molecule has 0 aromatic carbocycles. The first-order chi connectivity index (χ1) is 18.3. The summed E-state index contributed by atoms with van der Waals surface area (Å²) in [6, 6.07) is 5.40. The summed E-state index contributed by atoms with van der Waals surface area (Å²) in [6.07, 6.45) is 5.94. The lowest BCUT2D eigenvalue weighted by Crippen LogP contribution is -2.44. The van der Waals surface area contributed by atoms with Crippen LogP contribution < -0.4 is 9.64 Å². The van der Waals surface area contributed by atoms with E-state index in [4.69, 9.17) is 4.74 Å². The molecule has 0 bridgehead atoms. The van der Waals surface area contributed by atoms with Crippen molar-refractivity contribution in [3.8, 4) is 17.7 Å². The summed E-state index contributed by atoms with van der Waals surface area (Å²) in [5, 5.41) is 10.1. The molecule has 1 atom stereocenters. The van der Waals surface area contributed by atoms with Gasteiger partial charge in [-0.2, -0.15) is 0 Å². The Kier molecular flexibility index (Phi) is 10.6. The topological polar surface area (TPSA) is 83.0 Å². The standard InChI is InChI=1S/C31H43N3O4S/c1-21-8-10-24(11-9-21)29(35)34(26-19-25(12-15-31(3,4)5)39-28(26)30(36)37)22(2)14-17-38-27-18-23(13-16-32-27)20-33(6)7/h13,16,18-19,21-22,24H,8-11,14,17,20H2,1-7H3,(H,36,37). The average Bonchev–Trinajstić information content (AvgIpc) is 3.27. The predicted molar refractivity (Wildman–Crippen MR) is 157 cm³/mol. The maximum atomic E-state index is 14.0. The van der Waals surface area contributed by atoms with Crippen molar-refractivity contribution in [3.05, 3.63) is 39.7 Å². The molecule has 1 saturated carbocycles. The van der Waals surface area contributed by atoms with Crippen molar-refractivity contribution in [2.24, 2.45) is 17.3 Å². The quantitative estimate of drug-likeness (QED) is 0.347. The maximum Gasteiger partial charge on any atom is 0.348 e. The van der Waals surface area contributed by atoms with Crippen molar-refractivity contribution in [2.45, 2.75) is 79.3 Å². The largest absolute Gasteiger partial charge is 0.478 e. The van der Waals surface area contributed by atoms with Crippen molar-refractivity contribution in [3.63, 3.8) is 0 Å². The Morgan fingerprint density at radius 1 is 1.21 bits per heavy atom. The lowest BCUT2D eigenvalue weighted by Gasteiger charge is -2.34. The SMILES string of the molecule is CC1CCC(C(=O)N(c2cc(C#CC(C)(C)C)sc2C(=O)O)C(C)CCOc2cc(CN(C)C)ccn2)CC1. The van der Waals surface area contributed by atoms with Gasteiger partial charge in [0.05, 0.1) is 17.2 Å². The van der Waals surface area contributed by atoms with Gasteiger partial charge in [-0.25, -0.2) is 9.78 Å². The summed E-state index contributed by atoms with van der Waals surface area (Å²) >= 11 is 1.13. The lowest BCUT2D eigenvalue weighted by molar-refractivity contribution is -0.124. The van der Waals surface area contributed by atoms with E-state index in [2.05, 4.69) is 28.6 Å². The monoisotopic (exact) mass is 553 g/mol. The number of amides is 1. The van der Waals surface area contributed by atoms with Crippen LogP contribution in [0.3, 0.4) is 0 Å². The van der Waals surface area contributed by atoms with E-state index in [0.717, 1.165) is 49.1 Å². The third-order valence-electron chi connectivity index (χ3n) is 6.85. The molecule has 2 aromatic rings. The number of nitrogens with zero attached hydrogens (tertiary/aromatic N) is 3. The normalized spacial score (nSPS) is 18.3. The highest BCUT2D eigenvalue weighted by Crippen LogP contribution is 2.36. The zero-order valence-electron chi connectivity index (χ0n) is 24.4. The minimum atomic E-state index is -1.04. The number of carboxylic acids is 1. The number of thiophene rings is 1. The number of hydrogen-bond acceptors (Lipinski definition) is 6. The minimum Gasteiger partial charge on any atom is -0.478 e. The minimum absolute atomic E-state index is 0.00358. The molecule has 3 rings (SSSR count). The van der Waals surface area contributed by atoms with Gasteiger partial charge < -0.3 is 19.6 Å². The van der Waals surface area contributed by atoms with Crippen LogP contribution in [0.15, 0.2) is 24.4 Å². The fraction of sp³-hybridized carbons (Fsp3) is 0.581. The van der Waals surface area contributed by atoms with Gasteiger partial charge in [0.15, 0.2) is 0 Å². The van der Waals surface area contributed by atoms with Gasteiger partial charge in [0.2, 0.25) is 11.8 Å². The van der Waals surface area contributed by atoms with Crippen LogP contribution in [0.25, 0.3) is 0 Å². The van der Waals surface area contributed by atoms with Crippen molar-refractivity contribution >= 4 is 28.9 Å². The van der Waals surface area contributed by atoms with Crippen LogP contribution >= 0.6 is 11.3 Å². The average molecular weight is 554 g/mol. The Balaban J connectivity index is 1.86. The number of ether oxygens (including phenoxy) is 1. The molecule has 0 spiro atoms. The zero-order valence-corrected chi connectivity index (χ0v) is 25.2. The summed E-state index contributed by atoms with van der Waals surface area (Å²) in [5.41, 5.74) is 1.33.